The number of thiophene rings is 1. The van der Waals surface area contributed by atoms with E-state index in [9.17, 15) is 4.79 Å². The maximum Gasteiger partial charge on any atom is 0.251 e. The van der Waals surface area contributed by atoms with Crippen LogP contribution in [-0.4, -0.2) is 12.2 Å². The van der Waals surface area contributed by atoms with Gasteiger partial charge < -0.3 is 5.32 Å². The number of amides is 1. The molecule has 0 saturated carbocycles. The van der Waals surface area contributed by atoms with E-state index in [0.717, 1.165) is 0 Å². The first-order valence-corrected chi connectivity index (χ1v) is 8.70. The summed E-state index contributed by atoms with van der Waals surface area (Å²) < 4.78 is 0. The normalized spacial score (nSPS) is 12.4. The van der Waals surface area contributed by atoms with Crippen molar-refractivity contribution < 1.29 is 4.79 Å². The van der Waals surface area contributed by atoms with Gasteiger partial charge in [0.05, 0.1) is 6.04 Å². The van der Waals surface area contributed by atoms with Gasteiger partial charge in [0, 0.05) is 15.3 Å². The van der Waals surface area contributed by atoms with Crippen molar-refractivity contribution in [2.24, 2.45) is 5.92 Å². The number of hydrogen-bond donors (Lipinski definition) is 1. The Kier molecular flexibility index (Phi) is 5.26. The van der Waals surface area contributed by atoms with Gasteiger partial charge in [-0.2, -0.15) is 0 Å². The molecule has 0 bridgehead atoms. The third-order valence-electron chi connectivity index (χ3n) is 3.16. The van der Waals surface area contributed by atoms with Gasteiger partial charge in [0.2, 0.25) is 0 Å². The van der Waals surface area contributed by atoms with Crippen molar-refractivity contribution in [2.45, 2.75) is 24.8 Å². The second kappa shape index (κ2) is 6.95. The summed E-state index contributed by atoms with van der Waals surface area (Å²) in [6, 6.07) is 11.9. The van der Waals surface area contributed by atoms with E-state index in [2.05, 4.69) is 25.2 Å². The standard InChI is InChI=1S/C16H19NOS2/c1-11(2)15(14-5-4-10-20-14)17-16(18)12-6-8-13(19-3)9-7-12/h4-11,15H,1-3H3,(H,17,18)/t15-/m0/s1. The summed E-state index contributed by atoms with van der Waals surface area (Å²) >= 11 is 3.36. The molecule has 0 radical (unpaired) electrons. The minimum Gasteiger partial charge on any atom is -0.344 e. The quantitative estimate of drug-likeness (QED) is 0.818. The molecule has 4 heteroatoms. The Morgan fingerprint density at radius 2 is 1.90 bits per heavy atom. The van der Waals surface area contributed by atoms with Crippen LogP contribution in [0.15, 0.2) is 46.7 Å². The summed E-state index contributed by atoms with van der Waals surface area (Å²) in [5, 5.41) is 5.18. The van der Waals surface area contributed by atoms with Gasteiger partial charge in [-0.15, -0.1) is 23.1 Å². The molecule has 1 aromatic carbocycles. The fourth-order valence-electron chi connectivity index (χ4n) is 2.00. The van der Waals surface area contributed by atoms with Gasteiger partial charge in [-0.05, 0) is 47.9 Å². The Balaban J connectivity index is 2.12. The Morgan fingerprint density at radius 1 is 1.20 bits per heavy atom. The first kappa shape index (κ1) is 15.1. The zero-order chi connectivity index (χ0) is 14.5. The maximum atomic E-state index is 12.3. The predicted octanol–water partition coefficient (Wildman–Crippen LogP) is 4.60. The van der Waals surface area contributed by atoms with Crippen molar-refractivity contribution in [1.82, 2.24) is 5.32 Å². The third kappa shape index (κ3) is 3.64. The lowest BCUT2D eigenvalue weighted by atomic mass is 10.0. The van der Waals surface area contributed by atoms with Gasteiger partial charge in [0.25, 0.3) is 5.91 Å². The number of carbonyl (C=O) groups excluding carboxylic acids is 1. The van der Waals surface area contributed by atoms with Crippen molar-refractivity contribution in [2.75, 3.05) is 6.26 Å². The predicted molar refractivity (Wildman–Crippen MR) is 87.6 cm³/mol. The fraction of sp³-hybridized carbons (Fsp3) is 0.312. The van der Waals surface area contributed by atoms with E-state index in [0.29, 0.717) is 11.5 Å². The number of nitrogens with one attached hydrogen (secondary N) is 1. The zero-order valence-electron chi connectivity index (χ0n) is 11.9. The molecule has 1 N–H and O–H groups in total. The SMILES string of the molecule is CSc1ccc(C(=O)N[C@H](c2cccs2)C(C)C)cc1. The summed E-state index contributed by atoms with van der Waals surface area (Å²) in [5.41, 5.74) is 0.713. The van der Waals surface area contributed by atoms with Gasteiger partial charge in [0.15, 0.2) is 0 Å². The molecule has 0 aliphatic carbocycles. The van der Waals surface area contributed by atoms with Crippen LogP contribution < -0.4 is 5.32 Å². The molecular formula is C16H19NOS2. The first-order chi connectivity index (χ1) is 9.61. The van der Waals surface area contributed by atoms with E-state index < -0.39 is 0 Å². The number of hydrogen-bond acceptors (Lipinski definition) is 3. The molecule has 0 aliphatic rings. The molecule has 0 aliphatic heterocycles. The van der Waals surface area contributed by atoms with Crippen LogP contribution in [0.1, 0.15) is 35.1 Å². The number of carbonyl (C=O) groups is 1. The van der Waals surface area contributed by atoms with Gasteiger partial charge >= 0.3 is 0 Å². The zero-order valence-corrected chi connectivity index (χ0v) is 13.6. The highest BCUT2D eigenvalue weighted by atomic mass is 32.2. The smallest absolute Gasteiger partial charge is 0.251 e. The molecule has 1 aromatic heterocycles. The molecule has 0 unspecified atom stereocenters. The molecular weight excluding hydrogens is 286 g/mol. The number of benzene rings is 1. The van der Waals surface area contributed by atoms with Crippen LogP contribution in [0.3, 0.4) is 0 Å². The lowest BCUT2D eigenvalue weighted by molar-refractivity contribution is 0.0926. The Labute approximate surface area is 128 Å². The van der Waals surface area contributed by atoms with Crippen molar-refractivity contribution in [3.63, 3.8) is 0 Å². The van der Waals surface area contributed by atoms with Crippen LogP contribution in [-0.2, 0) is 0 Å². The number of rotatable bonds is 5. The van der Waals surface area contributed by atoms with Crippen molar-refractivity contribution in [3.05, 3.63) is 52.2 Å². The van der Waals surface area contributed by atoms with Gasteiger partial charge in [-0.1, -0.05) is 19.9 Å². The topological polar surface area (TPSA) is 29.1 Å². The van der Waals surface area contributed by atoms with E-state index in [4.69, 9.17) is 0 Å². The van der Waals surface area contributed by atoms with Crippen LogP contribution >= 0.6 is 23.1 Å². The Morgan fingerprint density at radius 3 is 2.40 bits per heavy atom. The first-order valence-electron chi connectivity index (χ1n) is 6.60. The Bertz CT molecular complexity index is 546. The highest BCUT2D eigenvalue weighted by Crippen LogP contribution is 2.26. The van der Waals surface area contributed by atoms with Gasteiger partial charge in [-0.3, -0.25) is 4.79 Å². The van der Waals surface area contributed by atoms with Gasteiger partial charge in [-0.25, -0.2) is 0 Å². The summed E-state index contributed by atoms with van der Waals surface area (Å²) in [4.78, 5) is 14.7. The maximum absolute atomic E-state index is 12.3. The second-order valence-corrected chi connectivity index (χ2v) is 6.80. The average Bonchev–Trinajstić information content (AvgIpc) is 2.98. The van der Waals surface area contributed by atoms with Crippen LogP contribution in [0.5, 0.6) is 0 Å². The highest BCUT2D eigenvalue weighted by molar-refractivity contribution is 7.98. The van der Waals surface area contributed by atoms with E-state index in [-0.39, 0.29) is 11.9 Å². The van der Waals surface area contributed by atoms with E-state index in [1.54, 1.807) is 23.1 Å². The van der Waals surface area contributed by atoms with Crippen molar-refractivity contribution in [3.8, 4) is 0 Å². The minimum atomic E-state index is -0.00949. The lowest BCUT2D eigenvalue weighted by Crippen LogP contribution is -2.31. The second-order valence-electron chi connectivity index (χ2n) is 4.94. The van der Waals surface area contributed by atoms with Crippen molar-refractivity contribution in [1.29, 1.82) is 0 Å². The molecule has 1 atom stereocenters. The summed E-state index contributed by atoms with van der Waals surface area (Å²) in [7, 11) is 0. The Hall–Kier alpha value is -1.26. The molecule has 0 saturated heterocycles. The molecule has 1 amide bonds. The largest absolute Gasteiger partial charge is 0.344 e. The number of thioether (sulfide) groups is 1. The average molecular weight is 305 g/mol. The van der Waals surface area contributed by atoms with Crippen LogP contribution in [0, 0.1) is 5.92 Å². The molecule has 2 aromatic rings. The summed E-state index contributed by atoms with van der Waals surface area (Å²) in [6.07, 6.45) is 2.03. The molecule has 0 spiro atoms. The molecule has 2 nitrogen and oxygen atoms in total. The van der Waals surface area contributed by atoms with Crippen LogP contribution in [0.4, 0.5) is 0 Å². The van der Waals surface area contributed by atoms with Gasteiger partial charge in [0.1, 0.15) is 0 Å². The van der Waals surface area contributed by atoms with E-state index in [1.807, 2.05) is 42.0 Å². The molecule has 0 fully saturated rings. The lowest BCUT2D eigenvalue weighted by Gasteiger charge is -2.21. The summed E-state index contributed by atoms with van der Waals surface area (Å²) in [5.74, 6) is 0.354. The third-order valence-corrected chi connectivity index (χ3v) is 4.85. The van der Waals surface area contributed by atoms with Crippen LogP contribution in [0.2, 0.25) is 0 Å². The monoisotopic (exact) mass is 305 g/mol. The fourth-order valence-corrected chi connectivity index (χ4v) is 3.36. The highest BCUT2D eigenvalue weighted by Gasteiger charge is 2.19. The minimum absolute atomic E-state index is 0.00949. The van der Waals surface area contributed by atoms with Crippen LogP contribution in [0.25, 0.3) is 0 Å². The van der Waals surface area contributed by atoms with E-state index >= 15 is 0 Å². The molecule has 106 valence electrons. The van der Waals surface area contributed by atoms with E-state index in [1.165, 1.54) is 9.77 Å². The molecule has 1 heterocycles. The molecule has 2 rings (SSSR count). The van der Waals surface area contributed by atoms with Crippen molar-refractivity contribution >= 4 is 29.0 Å². The summed E-state index contributed by atoms with van der Waals surface area (Å²) in [6.45, 7) is 4.25. The molecule has 20 heavy (non-hydrogen) atoms.